The third kappa shape index (κ3) is 1.86. The summed E-state index contributed by atoms with van der Waals surface area (Å²) < 4.78 is 5.16. The van der Waals surface area contributed by atoms with Crippen LogP contribution in [0.4, 0.5) is 0 Å². The van der Waals surface area contributed by atoms with Gasteiger partial charge in [0, 0.05) is 11.8 Å². The Balaban J connectivity index is 2.15. The van der Waals surface area contributed by atoms with E-state index in [2.05, 4.69) is 13.0 Å². The van der Waals surface area contributed by atoms with Crippen molar-refractivity contribution < 1.29 is 14.3 Å². The summed E-state index contributed by atoms with van der Waals surface area (Å²) in [6.07, 6.45) is 8.31. The summed E-state index contributed by atoms with van der Waals surface area (Å²) in [5.74, 6) is 0.202. The molecule has 0 heterocycles. The van der Waals surface area contributed by atoms with E-state index in [9.17, 15) is 9.59 Å². The lowest BCUT2D eigenvalue weighted by Gasteiger charge is -2.52. The van der Waals surface area contributed by atoms with Crippen molar-refractivity contribution in [2.45, 2.75) is 58.8 Å². The van der Waals surface area contributed by atoms with E-state index in [1.807, 2.05) is 6.92 Å². The molecule has 2 atom stereocenters. The molecule has 2 unspecified atom stereocenters. The van der Waals surface area contributed by atoms with Crippen molar-refractivity contribution in [2.24, 2.45) is 10.8 Å². The van der Waals surface area contributed by atoms with Gasteiger partial charge in [0.05, 0.1) is 12.5 Å². The highest BCUT2D eigenvalue weighted by molar-refractivity contribution is 5.97. The van der Waals surface area contributed by atoms with Crippen LogP contribution in [0.5, 0.6) is 0 Å². The van der Waals surface area contributed by atoms with Crippen molar-refractivity contribution in [1.29, 1.82) is 0 Å². The van der Waals surface area contributed by atoms with Crippen LogP contribution in [0.15, 0.2) is 22.8 Å². The van der Waals surface area contributed by atoms with Gasteiger partial charge in [0.15, 0.2) is 5.78 Å². The Morgan fingerprint density at radius 2 is 2.00 bits per heavy atom. The van der Waals surface area contributed by atoms with Crippen molar-refractivity contribution in [3.63, 3.8) is 0 Å². The summed E-state index contributed by atoms with van der Waals surface area (Å²) in [5.41, 5.74) is 2.89. The van der Waals surface area contributed by atoms with E-state index in [1.54, 1.807) is 0 Å². The summed E-state index contributed by atoms with van der Waals surface area (Å²) in [6.45, 7) is 4.19. The zero-order chi connectivity index (χ0) is 15.3. The molecular weight excluding hydrogens is 264 g/mol. The number of ether oxygens (including phenoxy) is 1. The Morgan fingerprint density at radius 1 is 1.24 bits per heavy atom. The molecule has 3 aliphatic rings. The van der Waals surface area contributed by atoms with Crippen molar-refractivity contribution >= 4 is 11.8 Å². The Hall–Kier alpha value is -1.38. The predicted octanol–water partition coefficient (Wildman–Crippen LogP) is 3.74. The average Bonchev–Trinajstić information content (AvgIpc) is 2.50. The molecule has 0 spiro atoms. The van der Waals surface area contributed by atoms with Gasteiger partial charge in [-0.15, -0.1) is 0 Å². The first kappa shape index (κ1) is 14.6. The fraction of sp³-hybridized carbons (Fsp3) is 0.667. The Morgan fingerprint density at radius 3 is 2.71 bits per heavy atom. The molecule has 1 saturated carbocycles. The van der Waals surface area contributed by atoms with Crippen LogP contribution in [-0.4, -0.2) is 18.9 Å². The maximum atomic E-state index is 12.5. The van der Waals surface area contributed by atoms with E-state index < -0.39 is 5.41 Å². The van der Waals surface area contributed by atoms with Crippen molar-refractivity contribution in [2.75, 3.05) is 7.11 Å². The maximum absolute atomic E-state index is 12.5. The highest BCUT2D eigenvalue weighted by Gasteiger charge is 2.55. The quantitative estimate of drug-likeness (QED) is 0.545. The molecule has 0 amide bonds. The molecule has 21 heavy (non-hydrogen) atoms. The molecule has 0 aromatic carbocycles. The van der Waals surface area contributed by atoms with E-state index >= 15 is 0 Å². The van der Waals surface area contributed by atoms with Crippen LogP contribution in [-0.2, 0) is 14.3 Å². The number of esters is 1. The van der Waals surface area contributed by atoms with Crippen molar-refractivity contribution in [3.8, 4) is 0 Å². The lowest BCUT2D eigenvalue weighted by molar-refractivity contribution is -0.153. The molecule has 0 aromatic heterocycles. The van der Waals surface area contributed by atoms with E-state index in [1.165, 1.54) is 18.3 Å². The van der Waals surface area contributed by atoms with Gasteiger partial charge >= 0.3 is 5.97 Å². The summed E-state index contributed by atoms with van der Waals surface area (Å²) in [7, 11) is 1.49. The molecule has 3 heteroatoms. The van der Waals surface area contributed by atoms with Gasteiger partial charge in [-0.2, -0.15) is 0 Å². The number of Topliss-reactive ketones (excluding diaryl/α,β-unsaturated/α-hetero) is 1. The molecule has 1 fully saturated rings. The van der Waals surface area contributed by atoms with Crippen LogP contribution in [0.25, 0.3) is 0 Å². The van der Waals surface area contributed by atoms with E-state index in [4.69, 9.17) is 4.74 Å². The van der Waals surface area contributed by atoms with Gasteiger partial charge in [0.2, 0.25) is 0 Å². The molecule has 3 nitrogen and oxygen atoms in total. The third-order valence-electron chi connectivity index (χ3n) is 6.03. The standard InChI is InChI=1S/C18H24O3/c1-12-13-7-11-18(16(20)21-3)9-5-4-6-15(18)17(13,2)10-8-14(12)19/h6H,4-5,7-11H2,1-3H3. The van der Waals surface area contributed by atoms with Gasteiger partial charge in [0.25, 0.3) is 0 Å². The second-order valence-corrected chi connectivity index (χ2v) is 6.94. The number of allylic oxidation sites excluding steroid dienone is 3. The summed E-state index contributed by atoms with van der Waals surface area (Å²) >= 11 is 0. The minimum Gasteiger partial charge on any atom is -0.468 e. The monoisotopic (exact) mass is 288 g/mol. The lowest BCUT2D eigenvalue weighted by Crippen LogP contribution is -2.48. The molecule has 0 saturated heterocycles. The number of hydrogen-bond acceptors (Lipinski definition) is 3. The molecular formula is C18H24O3. The molecule has 0 aromatic rings. The number of ketones is 1. The molecule has 0 bridgehead atoms. The van der Waals surface area contributed by atoms with Crippen LogP contribution in [0.2, 0.25) is 0 Å². The van der Waals surface area contributed by atoms with Gasteiger partial charge in [-0.25, -0.2) is 0 Å². The molecule has 3 aliphatic carbocycles. The minimum atomic E-state index is -0.439. The Labute approximate surface area is 126 Å². The zero-order valence-corrected chi connectivity index (χ0v) is 13.3. The van der Waals surface area contributed by atoms with Gasteiger partial charge in [0.1, 0.15) is 0 Å². The first-order valence-electron chi connectivity index (χ1n) is 7.99. The SMILES string of the molecule is COC(=O)C12CCCC=C1C1(C)CCC(=O)C(C)=C1CC2. The normalized spacial score (nSPS) is 35.8. The number of methoxy groups -OCH3 is 1. The number of hydrogen-bond donors (Lipinski definition) is 0. The van der Waals surface area contributed by atoms with Gasteiger partial charge in [-0.3, -0.25) is 9.59 Å². The maximum Gasteiger partial charge on any atom is 0.315 e. The van der Waals surface area contributed by atoms with E-state index in [0.29, 0.717) is 6.42 Å². The average molecular weight is 288 g/mol. The van der Waals surface area contributed by atoms with Crippen LogP contribution in [0.3, 0.4) is 0 Å². The summed E-state index contributed by atoms with van der Waals surface area (Å²) in [4.78, 5) is 24.6. The lowest BCUT2D eigenvalue weighted by atomic mass is 9.50. The number of carbonyl (C=O) groups is 2. The molecule has 0 radical (unpaired) electrons. The smallest absolute Gasteiger partial charge is 0.315 e. The molecule has 0 aliphatic heterocycles. The van der Waals surface area contributed by atoms with Gasteiger partial charge in [-0.05, 0) is 56.6 Å². The molecule has 114 valence electrons. The van der Waals surface area contributed by atoms with Crippen molar-refractivity contribution in [1.82, 2.24) is 0 Å². The Bertz CT molecular complexity index is 569. The number of rotatable bonds is 1. The van der Waals surface area contributed by atoms with Gasteiger partial charge < -0.3 is 4.74 Å². The van der Waals surface area contributed by atoms with E-state index in [-0.39, 0.29) is 17.2 Å². The largest absolute Gasteiger partial charge is 0.468 e. The zero-order valence-electron chi connectivity index (χ0n) is 13.3. The highest BCUT2D eigenvalue weighted by atomic mass is 16.5. The third-order valence-corrected chi connectivity index (χ3v) is 6.03. The van der Waals surface area contributed by atoms with Crippen LogP contribution >= 0.6 is 0 Å². The first-order chi connectivity index (χ1) is 9.95. The van der Waals surface area contributed by atoms with E-state index in [0.717, 1.165) is 44.1 Å². The number of carbonyl (C=O) groups excluding carboxylic acids is 2. The first-order valence-corrected chi connectivity index (χ1v) is 7.99. The molecule has 3 rings (SSSR count). The Kier molecular flexibility index (Phi) is 3.34. The topological polar surface area (TPSA) is 43.4 Å². The highest BCUT2D eigenvalue weighted by Crippen LogP contribution is 2.61. The number of fused-ring (bicyclic) bond motifs is 3. The second-order valence-electron chi connectivity index (χ2n) is 6.94. The second kappa shape index (κ2) is 4.82. The van der Waals surface area contributed by atoms with Crippen LogP contribution < -0.4 is 0 Å². The summed E-state index contributed by atoms with van der Waals surface area (Å²) in [6, 6.07) is 0. The van der Waals surface area contributed by atoms with Crippen LogP contribution in [0.1, 0.15) is 58.8 Å². The fourth-order valence-electron chi connectivity index (χ4n) is 4.89. The minimum absolute atomic E-state index is 0.0803. The van der Waals surface area contributed by atoms with Crippen molar-refractivity contribution in [3.05, 3.63) is 22.8 Å². The fourth-order valence-corrected chi connectivity index (χ4v) is 4.89. The van der Waals surface area contributed by atoms with Crippen LogP contribution in [0, 0.1) is 10.8 Å². The molecule has 0 N–H and O–H groups in total. The van der Waals surface area contributed by atoms with Gasteiger partial charge in [-0.1, -0.05) is 18.6 Å². The summed E-state index contributed by atoms with van der Waals surface area (Å²) in [5, 5.41) is 0. The predicted molar refractivity (Wildman–Crippen MR) is 80.7 cm³/mol.